The number of hydrogen-bond acceptors (Lipinski definition) is 4. The highest BCUT2D eigenvalue weighted by Crippen LogP contribution is 2.55. The normalized spacial score (nSPS) is 33.9. The van der Waals surface area contributed by atoms with Gasteiger partial charge in [-0.05, 0) is 37.5 Å². The summed E-state index contributed by atoms with van der Waals surface area (Å²) >= 11 is 0. The molecule has 0 amide bonds. The second-order valence-electron chi connectivity index (χ2n) is 6.87. The van der Waals surface area contributed by atoms with Crippen LogP contribution in [0.5, 0.6) is 0 Å². The molecule has 0 aromatic carbocycles. The number of nitrogens with two attached hydrogens (primary N) is 1. The molecule has 2 atom stereocenters. The van der Waals surface area contributed by atoms with E-state index in [9.17, 15) is 0 Å². The third kappa shape index (κ3) is 2.00. The van der Waals surface area contributed by atoms with Crippen LogP contribution in [0.1, 0.15) is 75.4 Å². The predicted octanol–water partition coefficient (Wildman–Crippen LogP) is 3.09. The fourth-order valence-corrected chi connectivity index (χ4v) is 3.95. The molecule has 19 heavy (non-hydrogen) atoms. The molecule has 4 nitrogen and oxygen atoms in total. The minimum atomic E-state index is -0.281. The summed E-state index contributed by atoms with van der Waals surface area (Å²) in [7, 11) is 0. The van der Waals surface area contributed by atoms with E-state index >= 15 is 0 Å². The first-order valence-corrected chi connectivity index (χ1v) is 7.89. The van der Waals surface area contributed by atoms with Crippen LogP contribution < -0.4 is 5.73 Å². The molecule has 1 aromatic rings. The van der Waals surface area contributed by atoms with Crippen molar-refractivity contribution in [1.29, 1.82) is 0 Å². The Morgan fingerprint density at radius 1 is 1.11 bits per heavy atom. The van der Waals surface area contributed by atoms with E-state index in [0.717, 1.165) is 36.4 Å². The molecule has 0 bridgehead atoms. The molecule has 1 aromatic heterocycles. The van der Waals surface area contributed by atoms with Gasteiger partial charge >= 0.3 is 0 Å². The minimum Gasteiger partial charge on any atom is -0.339 e. The van der Waals surface area contributed by atoms with Gasteiger partial charge in [0.05, 0.1) is 5.54 Å². The van der Waals surface area contributed by atoms with Crippen molar-refractivity contribution >= 4 is 0 Å². The average Bonchev–Trinajstić information content (AvgIpc) is 3.06. The van der Waals surface area contributed by atoms with Gasteiger partial charge in [-0.1, -0.05) is 37.3 Å². The van der Waals surface area contributed by atoms with E-state index in [1.54, 1.807) is 0 Å². The van der Waals surface area contributed by atoms with Crippen LogP contribution in [0.15, 0.2) is 4.52 Å². The van der Waals surface area contributed by atoms with Crippen LogP contribution in [0.2, 0.25) is 0 Å². The Balaban J connectivity index is 1.43. The lowest BCUT2D eigenvalue weighted by Crippen LogP contribution is -2.44. The molecule has 4 heteroatoms. The maximum Gasteiger partial charge on any atom is 0.230 e. The third-order valence-corrected chi connectivity index (χ3v) is 5.55. The van der Waals surface area contributed by atoms with Crippen molar-refractivity contribution in [2.45, 2.75) is 69.2 Å². The van der Waals surface area contributed by atoms with Crippen LogP contribution in [0.4, 0.5) is 0 Å². The van der Waals surface area contributed by atoms with Gasteiger partial charge in [-0.2, -0.15) is 4.98 Å². The van der Waals surface area contributed by atoms with Crippen LogP contribution in [-0.4, -0.2) is 10.1 Å². The van der Waals surface area contributed by atoms with Crippen molar-refractivity contribution in [2.75, 3.05) is 0 Å². The summed E-state index contributed by atoms with van der Waals surface area (Å²) in [6.45, 7) is 0. The smallest absolute Gasteiger partial charge is 0.230 e. The van der Waals surface area contributed by atoms with Gasteiger partial charge in [-0.25, -0.2) is 0 Å². The highest BCUT2D eigenvalue weighted by molar-refractivity contribution is 5.14. The summed E-state index contributed by atoms with van der Waals surface area (Å²) in [4.78, 5) is 4.61. The molecular weight excluding hydrogens is 238 g/mol. The molecule has 0 radical (unpaired) electrons. The van der Waals surface area contributed by atoms with Crippen LogP contribution >= 0.6 is 0 Å². The first-order chi connectivity index (χ1) is 9.26. The molecule has 104 valence electrons. The highest BCUT2D eigenvalue weighted by Gasteiger charge is 2.48. The molecule has 3 saturated carbocycles. The Kier molecular flexibility index (Phi) is 2.69. The van der Waals surface area contributed by atoms with Gasteiger partial charge in [0.15, 0.2) is 5.82 Å². The molecule has 1 heterocycles. The molecule has 2 N–H and O–H groups in total. The monoisotopic (exact) mass is 261 g/mol. The minimum absolute atomic E-state index is 0.281. The van der Waals surface area contributed by atoms with Crippen molar-refractivity contribution in [3.63, 3.8) is 0 Å². The zero-order chi connectivity index (χ0) is 12.9. The number of hydrogen-bond donors (Lipinski definition) is 1. The molecule has 2 unspecified atom stereocenters. The topological polar surface area (TPSA) is 64.9 Å². The summed E-state index contributed by atoms with van der Waals surface area (Å²) in [6, 6.07) is 0. The third-order valence-electron chi connectivity index (χ3n) is 5.55. The second-order valence-corrected chi connectivity index (χ2v) is 6.87. The molecule has 0 saturated heterocycles. The lowest BCUT2D eigenvalue weighted by molar-refractivity contribution is 0.228. The number of aromatic nitrogens is 2. The highest BCUT2D eigenvalue weighted by atomic mass is 16.5. The Bertz CT molecular complexity index is 460. The summed E-state index contributed by atoms with van der Waals surface area (Å²) < 4.78 is 5.49. The first kappa shape index (κ1) is 11.9. The van der Waals surface area contributed by atoms with Gasteiger partial charge in [0.1, 0.15) is 0 Å². The maximum atomic E-state index is 6.25. The van der Waals surface area contributed by atoms with Crippen molar-refractivity contribution in [2.24, 2.45) is 17.6 Å². The van der Waals surface area contributed by atoms with Gasteiger partial charge in [-0.3, -0.25) is 0 Å². The van der Waals surface area contributed by atoms with E-state index in [-0.39, 0.29) is 5.54 Å². The van der Waals surface area contributed by atoms with Gasteiger partial charge in [0, 0.05) is 5.92 Å². The van der Waals surface area contributed by atoms with E-state index < -0.39 is 0 Å². The zero-order valence-corrected chi connectivity index (χ0v) is 11.5. The largest absolute Gasteiger partial charge is 0.339 e. The van der Waals surface area contributed by atoms with Gasteiger partial charge in [-0.15, -0.1) is 0 Å². The molecule has 0 aliphatic heterocycles. The summed E-state index contributed by atoms with van der Waals surface area (Å²) in [5.41, 5.74) is 5.97. The number of nitrogens with zero attached hydrogens (tertiary/aromatic N) is 2. The van der Waals surface area contributed by atoms with Crippen LogP contribution in [-0.2, 0) is 5.54 Å². The van der Waals surface area contributed by atoms with Gasteiger partial charge in [0.2, 0.25) is 5.89 Å². The van der Waals surface area contributed by atoms with E-state index in [4.69, 9.17) is 10.3 Å². The Labute approximate surface area is 114 Å². The van der Waals surface area contributed by atoms with Gasteiger partial charge in [0.25, 0.3) is 0 Å². The summed E-state index contributed by atoms with van der Waals surface area (Å²) in [5.74, 6) is 3.87. The lowest BCUT2D eigenvalue weighted by atomic mass is 9.77. The maximum absolute atomic E-state index is 6.25. The van der Waals surface area contributed by atoms with Crippen LogP contribution in [0.3, 0.4) is 0 Å². The van der Waals surface area contributed by atoms with Crippen molar-refractivity contribution in [1.82, 2.24) is 10.1 Å². The Morgan fingerprint density at radius 3 is 2.58 bits per heavy atom. The average molecular weight is 261 g/mol. The molecule has 0 spiro atoms. The summed E-state index contributed by atoms with van der Waals surface area (Å²) in [6.07, 6.45) is 11.5. The molecular formula is C15H23N3O. The number of rotatable bonds is 3. The Hall–Kier alpha value is -0.900. The SMILES string of the molecule is NC1(c2noc(C3CC3C3CCCCC3)n2)CCC1. The quantitative estimate of drug-likeness (QED) is 0.908. The Morgan fingerprint density at radius 2 is 1.89 bits per heavy atom. The molecule has 3 aliphatic carbocycles. The van der Waals surface area contributed by atoms with Crippen LogP contribution in [0.25, 0.3) is 0 Å². The second kappa shape index (κ2) is 4.30. The summed E-state index contributed by atoms with van der Waals surface area (Å²) in [5, 5.41) is 4.14. The van der Waals surface area contributed by atoms with E-state index in [0.29, 0.717) is 5.92 Å². The zero-order valence-electron chi connectivity index (χ0n) is 11.5. The van der Waals surface area contributed by atoms with E-state index in [1.807, 2.05) is 0 Å². The molecule has 4 rings (SSSR count). The van der Waals surface area contributed by atoms with Crippen LogP contribution in [0, 0.1) is 11.8 Å². The first-order valence-electron chi connectivity index (χ1n) is 7.89. The van der Waals surface area contributed by atoms with Gasteiger partial charge < -0.3 is 10.3 Å². The fourth-order valence-electron chi connectivity index (χ4n) is 3.95. The fraction of sp³-hybridized carbons (Fsp3) is 0.867. The predicted molar refractivity (Wildman–Crippen MR) is 71.4 cm³/mol. The molecule has 3 fully saturated rings. The van der Waals surface area contributed by atoms with E-state index in [2.05, 4.69) is 10.1 Å². The standard InChI is InChI=1S/C15H23N3O/c16-15(7-4-8-15)14-17-13(19-18-14)12-9-11(12)10-5-2-1-3-6-10/h10-12H,1-9,16H2. The van der Waals surface area contributed by atoms with Crippen molar-refractivity contribution < 1.29 is 4.52 Å². The van der Waals surface area contributed by atoms with Crippen molar-refractivity contribution in [3.8, 4) is 0 Å². The van der Waals surface area contributed by atoms with E-state index in [1.165, 1.54) is 44.9 Å². The molecule has 3 aliphatic rings. The van der Waals surface area contributed by atoms with Crippen molar-refractivity contribution in [3.05, 3.63) is 11.7 Å². The lowest BCUT2D eigenvalue weighted by Gasteiger charge is -2.34.